The highest BCUT2D eigenvalue weighted by Crippen LogP contribution is 2.22. The van der Waals surface area contributed by atoms with Crippen molar-refractivity contribution in [3.63, 3.8) is 0 Å². The van der Waals surface area contributed by atoms with Crippen LogP contribution in [0.15, 0.2) is 0 Å². The average molecular weight is 363 g/mol. The Labute approximate surface area is 144 Å². The van der Waals surface area contributed by atoms with Crippen molar-refractivity contribution in [3.05, 3.63) is 17.0 Å². The number of aliphatic carboxylic acids is 1. The van der Waals surface area contributed by atoms with E-state index in [2.05, 4.69) is 5.10 Å². The Balaban J connectivity index is 2.94. The van der Waals surface area contributed by atoms with Crippen LogP contribution < -0.4 is 0 Å². The van der Waals surface area contributed by atoms with Gasteiger partial charge >= 0.3 is 12.1 Å². The molecule has 0 aliphatic heterocycles. The Morgan fingerprint density at radius 2 is 1.88 bits per heavy atom. The van der Waals surface area contributed by atoms with E-state index in [1.807, 2.05) is 13.8 Å². The third-order valence-electron chi connectivity index (χ3n) is 3.72. The molecule has 0 unspecified atom stereocenters. The first-order chi connectivity index (χ1) is 11.4. The van der Waals surface area contributed by atoms with Crippen LogP contribution in [0.3, 0.4) is 0 Å². The van der Waals surface area contributed by atoms with Gasteiger partial charge in [0.15, 0.2) is 0 Å². The molecule has 0 aliphatic rings. The first-order valence-electron chi connectivity index (χ1n) is 8.00. The smallest absolute Gasteiger partial charge is 0.408 e. The Morgan fingerprint density at radius 3 is 2.36 bits per heavy atom. The largest absolute Gasteiger partial charge is 0.481 e. The maximum Gasteiger partial charge on any atom is 0.408 e. The van der Waals surface area contributed by atoms with Crippen molar-refractivity contribution in [1.29, 1.82) is 0 Å². The minimum Gasteiger partial charge on any atom is -0.481 e. The molecular weight excluding hydrogens is 339 g/mol. The fraction of sp³-hybridized carbons (Fsp3) is 0.688. The summed E-state index contributed by atoms with van der Waals surface area (Å²) < 4.78 is 38.6. The van der Waals surface area contributed by atoms with Crippen LogP contribution in [0.5, 0.6) is 0 Å². The third kappa shape index (κ3) is 6.75. The highest BCUT2D eigenvalue weighted by Gasteiger charge is 2.30. The molecule has 0 saturated heterocycles. The van der Waals surface area contributed by atoms with Crippen LogP contribution in [-0.2, 0) is 22.6 Å². The molecule has 0 aromatic carbocycles. The number of carboxylic acid groups (broad SMARTS) is 1. The molecule has 0 bridgehead atoms. The molecule has 142 valence electrons. The van der Waals surface area contributed by atoms with E-state index in [-0.39, 0.29) is 31.2 Å². The average Bonchev–Trinajstić information content (AvgIpc) is 2.68. The van der Waals surface area contributed by atoms with Gasteiger partial charge in [0.1, 0.15) is 6.54 Å². The summed E-state index contributed by atoms with van der Waals surface area (Å²) in [5.74, 6) is -1.17. The van der Waals surface area contributed by atoms with Gasteiger partial charge in [-0.1, -0.05) is 13.8 Å². The van der Waals surface area contributed by atoms with Gasteiger partial charge in [0, 0.05) is 24.3 Å². The summed E-state index contributed by atoms with van der Waals surface area (Å²) in [7, 11) is 0. The minimum absolute atomic E-state index is 0.0706. The van der Waals surface area contributed by atoms with E-state index in [9.17, 15) is 22.8 Å². The van der Waals surface area contributed by atoms with Crippen molar-refractivity contribution in [2.45, 2.75) is 53.3 Å². The molecular formula is C16H24F3N3O3. The number of aryl methyl sites for hydroxylation is 1. The number of hydrogen-bond donors (Lipinski definition) is 1. The van der Waals surface area contributed by atoms with Crippen LogP contribution in [0.25, 0.3) is 0 Å². The second kappa shape index (κ2) is 8.35. The van der Waals surface area contributed by atoms with Gasteiger partial charge in [-0.3, -0.25) is 14.3 Å². The number of carboxylic acids is 1. The lowest BCUT2D eigenvalue weighted by Crippen LogP contribution is -2.37. The van der Waals surface area contributed by atoms with Gasteiger partial charge < -0.3 is 10.0 Å². The molecule has 9 heteroatoms. The summed E-state index contributed by atoms with van der Waals surface area (Å²) in [5.41, 5.74) is 1.13. The van der Waals surface area contributed by atoms with Crippen LogP contribution in [-0.4, -0.2) is 50.9 Å². The predicted octanol–water partition coefficient (Wildman–Crippen LogP) is 2.56. The zero-order valence-electron chi connectivity index (χ0n) is 14.9. The highest BCUT2D eigenvalue weighted by molar-refractivity contribution is 5.80. The lowest BCUT2D eigenvalue weighted by molar-refractivity contribution is -0.143. The molecule has 1 amide bonds. The molecule has 0 radical (unpaired) electrons. The molecule has 6 nitrogen and oxygen atoms in total. The number of carbonyl (C=O) groups excluding carboxylic acids is 1. The lowest BCUT2D eigenvalue weighted by Gasteiger charge is -2.24. The van der Waals surface area contributed by atoms with Crippen molar-refractivity contribution in [1.82, 2.24) is 14.7 Å². The summed E-state index contributed by atoms with van der Waals surface area (Å²) >= 11 is 0. The third-order valence-corrected chi connectivity index (χ3v) is 3.72. The molecule has 0 spiro atoms. The Hall–Kier alpha value is -2.06. The van der Waals surface area contributed by atoms with Crippen LogP contribution in [0.4, 0.5) is 13.2 Å². The fourth-order valence-corrected chi connectivity index (χ4v) is 2.57. The molecule has 1 N–H and O–H groups in total. The Morgan fingerprint density at radius 1 is 1.28 bits per heavy atom. The molecule has 1 heterocycles. The monoisotopic (exact) mass is 363 g/mol. The SMILES string of the molecule is Cc1nn(CC(F)(F)F)c(C)c1CC(=O)N(CCC(=O)O)CC(C)C. The van der Waals surface area contributed by atoms with Gasteiger partial charge in [-0.25, -0.2) is 0 Å². The van der Waals surface area contributed by atoms with Crippen LogP contribution in [0.1, 0.15) is 37.2 Å². The first kappa shape index (κ1) is 21.0. The van der Waals surface area contributed by atoms with Crippen molar-refractivity contribution < 1.29 is 27.9 Å². The van der Waals surface area contributed by atoms with E-state index in [1.165, 1.54) is 11.8 Å². The molecule has 25 heavy (non-hydrogen) atoms. The number of carbonyl (C=O) groups is 2. The molecule has 1 rings (SSSR count). The second-order valence-electron chi connectivity index (χ2n) is 6.48. The van der Waals surface area contributed by atoms with Gasteiger partial charge in [0.05, 0.1) is 18.5 Å². The van der Waals surface area contributed by atoms with Gasteiger partial charge in [-0.15, -0.1) is 0 Å². The van der Waals surface area contributed by atoms with Crippen molar-refractivity contribution >= 4 is 11.9 Å². The summed E-state index contributed by atoms with van der Waals surface area (Å²) in [6.07, 6.45) is -4.67. The van der Waals surface area contributed by atoms with E-state index >= 15 is 0 Å². The van der Waals surface area contributed by atoms with Crippen LogP contribution in [0.2, 0.25) is 0 Å². The van der Waals surface area contributed by atoms with Gasteiger partial charge in [-0.2, -0.15) is 18.3 Å². The van der Waals surface area contributed by atoms with E-state index in [4.69, 9.17) is 5.11 Å². The molecule has 0 saturated carbocycles. The Bertz CT molecular complexity index is 624. The topological polar surface area (TPSA) is 75.4 Å². The van der Waals surface area contributed by atoms with E-state index < -0.39 is 18.7 Å². The van der Waals surface area contributed by atoms with Crippen molar-refractivity contribution in [3.8, 4) is 0 Å². The first-order valence-corrected chi connectivity index (χ1v) is 8.00. The number of amides is 1. The summed E-state index contributed by atoms with van der Waals surface area (Å²) in [5, 5.41) is 12.7. The number of halogens is 3. The number of alkyl halides is 3. The number of nitrogens with zero attached hydrogens (tertiary/aromatic N) is 3. The zero-order chi connectivity index (χ0) is 19.4. The molecule has 0 aliphatic carbocycles. The van der Waals surface area contributed by atoms with Gasteiger partial charge in [0.25, 0.3) is 0 Å². The highest BCUT2D eigenvalue weighted by atomic mass is 19.4. The molecule has 0 atom stereocenters. The van der Waals surface area contributed by atoms with E-state index in [1.54, 1.807) is 6.92 Å². The van der Waals surface area contributed by atoms with Crippen molar-refractivity contribution in [2.24, 2.45) is 5.92 Å². The molecule has 1 aromatic heterocycles. The van der Waals surface area contributed by atoms with Gasteiger partial charge in [0.2, 0.25) is 5.91 Å². The number of hydrogen-bond acceptors (Lipinski definition) is 3. The molecule has 1 aromatic rings. The molecule has 0 fully saturated rings. The van der Waals surface area contributed by atoms with Gasteiger partial charge in [-0.05, 0) is 19.8 Å². The normalized spacial score (nSPS) is 11.8. The van der Waals surface area contributed by atoms with E-state index in [0.717, 1.165) is 4.68 Å². The standard InChI is InChI=1S/C16H24F3N3O3/c1-10(2)8-21(6-5-15(24)25)14(23)7-13-11(3)20-22(12(13)4)9-16(17,18)19/h10H,5-9H2,1-4H3,(H,24,25). The lowest BCUT2D eigenvalue weighted by atomic mass is 10.1. The maximum atomic E-state index is 12.6. The predicted molar refractivity (Wildman–Crippen MR) is 85.1 cm³/mol. The second-order valence-corrected chi connectivity index (χ2v) is 6.48. The number of aromatic nitrogens is 2. The van der Waals surface area contributed by atoms with E-state index in [0.29, 0.717) is 23.5 Å². The zero-order valence-corrected chi connectivity index (χ0v) is 14.9. The summed E-state index contributed by atoms with van der Waals surface area (Å²) in [6.45, 7) is 6.12. The summed E-state index contributed by atoms with van der Waals surface area (Å²) in [6, 6.07) is 0. The fourth-order valence-electron chi connectivity index (χ4n) is 2.57. The maximum absolute atomic E-state index is 12.6. The quantitative estimate of drug-likeness (QED) is 0.770. The van der Waals surface area contributed by atoms with Crippen molar-refractivity contribution in [2.75, 3.05) is 13.1 Å². The Kier molecular flexibility index (Phi) is 7.01. The minimum atomic E-state index is -4.39. The van der Waals surface area contributed by atoms with Crippen LogP contribution in [0, 0.1) is 19.8 Å². The summed E-state index contributed by atoms with van der Waals surface area (Å²) in [4.78, 5) is 24.7. The van der Waals surface area contributed by atoms with Crippen LogP contribution >= 0.6 is 0 Å². The number of rotatable bonds is 8.